The molecular weight excluding hydrogens is 372 g/mol. The summed E-state index contributed by atoms with van der Waals surface area (Å²) in [6, 6.07) is 13.4. The lowest BCUT2D eigenvalue weighted by atomic mass is 9.96. The molecule has 0 bridgehead atoms. The Hall–Kier alpha value is -2.86. The van der Waals surface area contributed by atoms with E-state index in [1.165, 1.54) is 11.5 Å². The van der Waals surface area contributed by atoms with Crippen LogP contribution in [0, 0.1) is 13.8 Å². The van der Waals surface area contributed by atoms with E-state index in [0.29, 0.717) is 25.0 Å². The first-order valence-corrected chi connectivity index (χ1v) is 9.92. The summed E-state index contributed by atoms with van der Waals surface area (Å²) in [7, 11) is 0. The maximum Gasteiger partial charge on any atom is 0.338 e. The van der Waals surface area contributed by atoms with Crippen LogP contribution in [0.15, 0.2) is 42.5 Å². The molecule has 0 saturated carbocycles. The van der Waals surface area contributed by atoms with Crippen LogP contribution in [0.3, 0.4) is 0 Å². The van der Waals surface area contributed by atoms with Gasteiger partial charge in [0.25, 0.3) is 0 Å². The van der Waals surface area contributed by atoms with Crippen molar-refractivity contribution < 1.29 is 14.3 Å². The van der Waals surface area contributed by atoms with E-state index in [2.05, 4.69) is 9.59 Å². The lowest BCUT2D eigenvalue weighted by Crippen LogP contribution is -2.06. The van der Waals surface area contributed by atoms with Crippen LogP contribution >= 0.6 is 11.5 Å². The quantitative estimate of drug-likeness (QED) is 0.557. The fraction of sp³-hybridized carbons (Fsp3) is 0.273. The van der Waals surface area contributed by atoms with Gasteiger partial charge in [-0.1, -0.05) is 34.8 Å². The van der Waals surface area contributed by atoms with Gasteiger partial charge < -0.3 is 4.74 Å². The second-order valence-electron chi connectivity index (χ2n) is 6.62. The molecule has 0 spiro atoms. The Morgan fingerprint density at radius 3 is 2.43 bits per heavy atom. The number of aryl methyl sites for hydroxylation is 2. The molecule has 144 valence electrons. The van der Waals surface area contributed by atoms with Crippen LogP contribution in [-0.2, 0) is 22.4 Å². The van der Waals surface area contributed by atoms with Crippen molar-refractivity contribution in [1.29, 1.82) is 0 Å². The zero-order chi connectivity index (χ0) is 20.1. The molecule has 0 aliphatic carbocycles. The average molecular weight is 394 g/mol. The number of ether oxygens (including phenoxy) is 1. The number of rotatable bonds is 7. The van der Waals surface area contributed by atoms with Crippen LogP contribution in [0.4, 0.5) is 0 Å². The van der Waals surface area contributed by atoms with E-state index in [0.717, 1.165) is 32.8 Å². The molecule has 0 N–H and O–H groups in total. The van der Waals surface area contributed by atoms with Crippen LogP contribution < -0.4 is 0 Å². The van der Waals surface area contributed by atoms with Crippen molar-refractivity contribution in [2.45, 2.75) is 33.6 Å². The highest BCUT2D eigenvalue weighted by molar-refractivity contribution is 7.05. The fourth-order valence-corrected chi connectivity index (χ4v) is 3.62. The molecule has 0 atom stereocenters. The summed E-state index contributed by atoms with van der Waals surface area (Å²) in [5, 5.41) is 3.94. The summed E-state index contributed by atoms with van der Waals surface area (Å²) < 4.78 is 8.96. The first kappa shape index (κ1) is 19.9. The minimum absolute atomic E-state index is 0.141. The van der Waals surface area contributed by atoms with Crippen molar-refractivity contribution in [2.75, 3.05) is 6.61 Å². The summed E-state index contributed by atoms with van der Waals surface area (Å²) in [5.41, 5.74) is 5.38. The van der Waals surface area contributed by atoms with Gasteiger partial charge >= 0.3 is 5.97 Å². The van der Waals surface area contributed by atoms with Gasteiger partial charge in [-0.2, -0.15) is 0 Å². The van der Waals surface area contributed by atoms with Gasteiger partial charge in [0.1, 0.15) is 5.78 Å². The van der Waals surface area contributed by atoms with E-state index >= 15 is 0 Å². The number of hydrogen-bond donors (Lipinski definition) is 0. The smallest absolute Gasteiger partial charge is 0.338 e. The number of Topliss-reactive ketones (excluding diaryl/α,β-unsaturated/α-hetero) is 1. The fourth-order valence-electron chi connectivity index (χ4n) is 2.96. The predicted molar refractivity (Wildman–Crippen MR) is 110 cm³/mol. The highest BCUT2D eigenvalue weighted by Crippen LogP contribution is 2.26. The van der Waals surface area contributed by atoms with Crippen molar-refractivity contribution in [3.63, 3.8) is 0 Å². The van der Waals surface area contributed by atoms with Crippen molar-refractivity contribution in [3.05, 3.63) is 69.7 Å². The minimum atomic E-state index is -0.321. The van der Waals surface area contributed by atoms with Gasteiger partial charge in [0.2, 0.25) is 0 Å². The number of aromatic nitrogens is 2. The summed E-state index contributed by atoms with van der Waals surface area (Å²) in [6.07, 6.45) is 0.741. The van der Waals surface area contributed by atoms with E-state index < -0.39 is 0 Å². The van der Waals surface area contributed by atoms with Crippen LogP contribution in [0.5, 0.6) is 0 Å². The predicted octanol–water partition coefficient (Wildman–Crippen LogP) is 4.35. The number of hydrogen-bond acceptors (Lipinski definition) is 6. The summed E-state index contributed by atoms with van der Waals surface area (Å²) in [4.78, 5) is 25.2. The van der Waals surface area contributed by atoms with E-state index in [1.807, 2.05) is 50.2 Å². The highest BCUT2D eigenvalue weighted by Gasteiger charge is 2.12. The summed E-state index contributed by atoms with van der Waals surface area (Å²) >= 11 is 1.28. The third-order valence-electron chi connectivity index (χ3n) is 4.52. The van der Waals surface area contributed by atoms with Crippen molar-refractivity contribution in [3.8, 4) is 11.1 Å². The number of nitrogens with zero attached hydrogens (tertiary/aromatic N) is 2. The molecule has 2 aromatic carbocycles. The zero-order valence-electron chi connectivity index (χ0n) is 16.2. The van der Waals surface area contributed by atoms with Gasteiger partial charge in [0.15, 0.2) is 0 Å². The molecule has 0 radical (unpaired) electrons. The lowest BCUT2D eigenvalue weighted by Gasteiger charge is -2.10. The molecule has 0 fully saturated rings. The Labute approximate surface area is 168 Å². The molecule has 3 rings (SSSR count). The molecule has 0 amide bonds. The molecule has 1 heterocycles. The number of esters is 1. The Morgan fingerprint density at radius 2 is 1.79 bits per heavy atom. The molecule has 28 heavy (non-hydrogen) atoms. The first-order valence-electron chi connectivity index (χ1n) is 9.14. The van der Waals surface area contributed by atoms with Crippen LogP contribution in [0.2, 0.25) is 0 Å². The molecular formula is C22H22N2O3S. The molecule has 5 nitrogen and oxygen atoms in total. The second kappa shape index (κ2) is 8.89. The minimum Gasteiger partial charge on any atom is -0.462 e. The van der Waals surface area contributed by atoms with Gasteiger partial charge in [0, 0.05) is 12.8 Å². The summed E-state index contributed by atoms with van der Waals surface area (Å²) in [6.45, 7) is 6.02. The lowest BCUT2D eigenvalue weighted by molar-refractivity contribution is -0.117. The highest BCUT2D eigenvalue weighted by atomic mass is 32.1. The maximum atomic E-state index is 12.3. The monoisotopic (exact) mass is 394 g/mol. The zero-order valence-corrected chi connectivity index (χ0v) is 17.0. The van der Waals surface area contributed by atoms with Gasteiger partial charge in [0.05, 0.1) is 22.7 Å². The number of carbonyl (C=O) groups excluding carboxylic acids is 2. The van der Waals surface area contributed by atoms with E-state index in [1.54, 1.807) is 13.0 Å². The number of benzene rings is 2. The Kier molecular flexibility index (Phi) is 6.31. The van der Waals surface area contributed by atoms with Crippen molar-refractivity contribution >= 4 is 23.3 Å². The van der Waals surface area contributed by atoms with Crippen LogP contribution in [0.25, 0.3) is 11.1 Å². The third kappa shape index (κ3) is 4.70. The molecule has 1 aromatic heterocycles. The van der Waals surface area contributed by atoms with Gasteiger partial charge in [-0.05, 0) is 66.7 Å². The first-order chi connectivity index (χ1) is 13.5. The molecule has 0 unspecified atom stereocenters. The summed E-state index contributed by atoms with van der Waals surface area (Å²) in [5.74, 6) is -0.179. The topological polar surface area (TPSA) is 69.2 Å². The van der Waals surface area contributed by atoms with Gasteiger partial charge in [-0.15, -0.1) is 5.10 Å². The van der Waals surface area contributed by atoms with Gasteiger partial charge in [-0.25, -0.2) is 4.79 Å². The molecule has 3 aromatic rings. The maximum absolute atomic E-state index is 12.3. The van der Waals surface area contributed by atoms with Gasteiger partial charge in [-0.3, -0.25) is 4.79 Å². The van der Waals surface area contributed by atoms with E-state index in [4.69, 9.17) is 4.74 Å². The molecule has 0 aliphatic rings. The Bertz CT molecular complexity index is 993. The van der Waals surface area contributed by atoms with Crippen molar-refractivity contribution in [2.24, 2.45) is 0 Å². The molecule has 0 saturated heterocycles. The SMILES string of the molecule is CCOC(=O)c1ccc(C)c(-c2ccc(CC(=O)Cc3snnc3C)cc2)c1. The second-order valence-corrected chi connectivity index (χ2v) is 7.46. The van der Waals surface area contributed by atoms with E-state index in [9.17, 15) is 9.59 Å². The Balaban J connectivity index is 1.73. The normalized spacial score (nSPS) is 10.7. The van der Waals surface area contributed by atoms with Crippen molar-refractivity contribution in [1.82, 2.24) is 9.59 Å². The molecule has 6 heteroatoms. The van der Waals surface area contributed by atoms with Crippen LogP contribution in [-0.4, -0.2) is 27.9 Å². The number of ketones is 1. The largest absolute Gasteiger partial charge is 0.462 e. The van der Waals surface area contributed by atoms with Crippen LogP contribution in [0.1, 0.15) is 39.0 Å². The third-order valence-corrected chi connectivity index (χ3v) is 5.34. The Morgan fingerprint density at radius 1 is 1.04 bits per heavy atom. The average Bonchev–Trinajstić information content (AvgIpc) is 3.07. The standard InChI is InChI=1S/C22H22N2O3S/c1-4-27-22(26)18-8-5-14(2)20(12-18)17-9-6-16(7-10-17)11-19(25)13-21-15(3)23-24-28-21/h5-10,12H,4,11,13H2,1-3H3. The molecule has 0 aliphatic heterocycles. The number of carbonyl (C=O) groups is 2. The van der Waals surface area contributed by atoms with E-state index in [-0.39, 0.29) is 11.8 Å².